The Bertz CT molecular complexity index is 1280. The molecule has 5 nitrogen and oxygen atoms in total. The van der Waals surface area contributed by atoms with Crippen LogP contribution in [0.1, 0.15) is 31.1 Å². The highest BCUT2D eigenvalue weighted by molar-refractivity contribution is 7.22. The summed E-state index contributed by atoms with van der Waals surface area (Å²) in [5, 5.41) is 21.1. The van der Waals surface area contributed by atoms with E-state index in [9.17, 15) is 10.2 Å². The highest BCUT2D eigenvalue weighted by Crippen LogP contribution is 2.52. The van der Waals surface area contributed by atoms with Crippen molar-refractivity contribution in [2.45, 2.75) is 20.0 Å². The molecule has 5 rings (SSSR count). The lowest BCUT2D eigenvalue weighted by Gasteiger charge is -2.27. The molecular formula is C27H27NO4S. The molecule has 0 fully saturated rings. The first-order valence-corrected chi connectivity index (χ1v) is 12.1. The second kappa shape index (κ2) is 8.96. The average Bonchev–Trinajstić information content (AvgIpc) is 3.20. The van der Waals surface area contributed by atoms with Gasteiger partial charge in [-0.2, -0.15) is 0 Å². The van der Waals surface area contributed by atoms with Gasteiger partial charge in [0.05, 0.1) is 0 Å². The largest absolute Gasteiger partial charge is 0.508 e. The van der Waals surface area contributed by atoms with E-state index in [0.29, 0.717) is 12.4 Å². The van der Waals surface area contributed by atoms with Crippen molar-refractivity contribution in [1.82, 2.24) is 4.90 Å². The van der Waals surface area contributed by atoms with Crippen molar-refractivity contribution >= 4 is 21.4 Å². The SMILES string of the molecule is CCN(CC)CCOc1ccc([C@@H]2Oc3cc(O)ccc3-c3sc4cc(O)ccc4c32)cc1. The molecule has 0 radical (unpaired) electrons. The summed E-state index contributed by atoms with van der Waals surface area (Å²) in [6, 6.07) is 18.7. The molecule has 0 unspecified atom stereocenters. The van der Waals surface area contributed by atoms with Crippen LogP contribution in [0.3, 0.4) is 0 Å². The number of phenolic OH excluding ortho intramolecular Hbond substituents is 2. The third-order valence-corrected chi connectivity index (χ3v) is 7.38. The Balaban J connectivity index is 1.48. The summed E-state index contributed by atoms with van der Waals surface area (Å²) >= 11 is 1.63. The maximum absolute atomic E-state index is 10.0. The van der Waals surface area contributed by atoms with Crippen molar-refractivity contribution in [2.24, 2.45) is 0 Å². The summed E-state index contributed by atoms with van der Waals surface area (Å²) in [5.74, 6) is 1.91. The van der Waals surface area contributed by atoms with Crippen LogP contribution in [0.4, 0.5) is 0 Å². The van der Waals surface area contributed by atoms with E-state index in [4.69, 9.17) is 9.47 Å². The van der Waals surface area contributed by atoms with E-state index in [2.05, 4.69) is 18.7 Å². The number of rotatable bonds is 7. The van der Waals surface area contributed by atoms with Crippen molar-refractivity contribution in [3.8, 4) is 33.4 Å². The van der Waals surface area contributed by atoms with Gasteiger partial charge in [-0.3, -0.25) is 0 Å². The van der Waals surface area contributed by atoms with Gasteiger partial charge >= 0.3 is 0 Å². The molecule has 6 heteroatoms. The number of ether oxygens (including phenoxy) is 2. The number of hydrogen-bond donors (Lipinski definition) is 2. The Morgan fingerprint density at radius 3 is 2.42 bits per heavy atom. The molecule has 1 atom stereocenters. The quantitative estimate of drug-likeness (QED) is 0.344. The predicted octanol–water partition coefficient (Wildman–Crippen LogP) is 6.18. The fraction of sp³-hybridized carbons (Fsp3) is 0.259. The summed E-state index contributed by atoms with van der Waals surface area (Å²) in [7, 11) is 0. The Kier molecular flexibility index (Phi) is 5.87. The Morgan fingerprint density at radius 1 is 0.939 bits per heavy atom. The van der Waals surface area contributed by atoms with Crippen LogP contribution in [0.2, 0.25) is 0 Å². The average molecular weight is 462 g/mol. The van der Waals surface area contributed by atoms with Crippen LogP contribution in [0.25, 0.3) is 20.5 Å². The Labute approximate surface area is 197 Å². The lowest BCUT2D eigenvalue weighted by Crippen LogP contribution is -2.27. The van der Waals surface area contributed by atoms with Crippen LogP contribution in [-0.2, 0) is 0 Å². The van der Waals surface area contributed by atoms with Crippen LogP contribution in [0.15, 0.2) is 60.7 Å². The first-order valence-electron chi connectivity index (χ1n) is 11.3. The Morgan fingerprint density at radius 2 is 1.67 bits per heavy atom. The fourth-order valence-corrected chi connectivity index (χ4v) is 5.65. The number of hydrogen-bond acceptors (Lipinski definition) is 6. The smallest absolute Gasteiger partial charge is 0.151 e. The van der Waals surface area contributed by atoms with Crippen LogP contribution in [0, 0.1) is 0 Å². The molecular weight excluding hydrogens is 434 g/mol. The fourth-order valence-electron chi connectivity index (χ4n) is 4.35. The third kappa shape index (κ3) is 4.12. The molecule has 0 bridgehead atoms. The highest BCUT2D eigenvalue weighted by Gasteiger charge is 2.31. The van der Waals surface area contributed by atoms with Crippen LogP contribution < -0.4 is 9.47 Å². The van der Waals surface area contributed by atoms with Gasteiger partial charge in [0, 0.05) is 38.7 Å². The van der Waals surface area contributed by atoms with Crippen molar-refractivity contribution < 1.29 is 19.7 Å². The number of aromatic hydroxyl groups is 2. The van der Waals surface area contributed by atoms with Gasteiger partial charge in [-0.1, -0.05) is 26.0 Å². The number of likely N-dealkylation sites (N-methyl/N-ethyl adjacent to an activating group) is 1. The minimum atomic E-state index is -0.322. The molecule has 170 valence electrons. The minimum Gasteiger partial charge on any atom is -0.508 e. The van der Waals surface area contributed by atoms with Gasteiger partial charge in [0.25, 0.3) is 0 Å². The normalized spacial score (nSPS) is 14.7. The van der Waals surface area contributed by atoms with Crippen LogP contribution in [-0.4, -0.2) is 41.4 Å². The van der Waals surface area contributed by atoms with E-state index in [0.717, 1.165) is 57.0 Å². The van der Waals surface area contributed by atoms with Gasteiger partial charge < -0.3 is 24.6 Å². The van der Waals surface area contributed by atoms with Gasteiger partial charge in [-0.15, -0.1) is 11.3 Å². The zero-order valence-corrected chi connectivity index (χ0v) is 19.6. The lowest BCUT2D eigenvalue weighted by molar-refractivity contribution is 0.222. The summed E-state index contributed by atoms with van der Waals surface area (Å²) in [6.07, 6.45) is -0.322. The van der Waals surface area contributed by atoms with Crippen molar-refractivity contribution in [3.63, 3.8) is 0 Å². The number of benzene rings is 3. The van der Waals surface area contributed by atoms with Gasteiger partial charge in [-0.05, 0) is 61.1 Å². The number of thiophene rings is 1. The van der Waals surface area contributed by atoms with E-state index < -0.39 is 0 Å². The molecule has 1 aliphatic rings. The summed E-state index contributed by atoms with van der Waals surface area (Å²) in [4.78, 5) is 3.43. The summed E-state index contributed by atoms with van der Waals surface area (Å²) in [6.45, 7) is 7.90. The van der Waals surface area contributed by atoms with Crippen LogP contribution >= 0.6 is 11.3 Å². The molecule has 0 saturated heterocycles. The van der Waals surface area contributed by atoms with E-state index in [1.165, 1.54) is 0 Å². The molecule has 2 N–H and O–H groups in total. The van der Waals surface area contributed by atoms with E-state index in [-0.39, 0.29) is 17.6 Å². The standard InChI is InChI=1S/C27H27NO4S/c1-3-28(4-2)13-14-31-20-9-5-17(6-10-20)26-25-22-12-8-19(30)16-24(22)33-27(25)21-11-7-18(29)15-23(21)32-26/h5-12,15-16,26,29-30H,3-4,13-14H2,1-2H3/t26-/m0/s1. The zero-order chi connectivity index (χ0) is 22.9. The molecule has 1 aromatic heterocycles. The van der Waals surface area contributed by atoms with Gasteiger partial charge in [-0.25, -0.2) is 0 Å². The van der Waals surface area contributed by atoms with Crippen LogP contribution in [0.5, 0.6) is 23.0 Å². The molecule has 0 saturated carbocycles. The van der Waals surface area contributed by atoms with Crippen molar-refractivity contribution in [2.75, 3.05) is 26.2 Å². The van der Waals surface area contributed by atoms with Gasteiger partial charge in [0.1, 0.15) is 29.6 Å². The second-order valence-electron chi connectivity index (χ2n) is 8.15. The number of phenols is 2. The molecule has 3 aromatic carbocycles. The van der Waals surface area contributed by atoms with Gasteiger partial charge in [0.15, 0.2) is 6.10 Å². The summed E-state index contributed by atoms with van der Waals surface area (Å²) in [5.41, 5.74) is 3.05. The first kappa shape index (κ1) is 21.6. The predicted molar refractivity (Wildman–Crippen MR) is 133 cm³/mol. The van der Waals surface area contributed by atoms with E-state index in [1.54, 1.807) is 35.6 Å². The van der Waals surface area contributed by atoms with Crippen molar-refractivity contribution in [3.05, 3.63) is 71.8 Å². The van der Waals surface area contributed by atoms with Gasteiger partial charge in [0.2, 0.25) is 0 Å². The highest BCUT2D eigenvalue weighted by atomic mass is 32.1. The molecule has 33 heavy (non-hydrogen) atoms. The monoisotopic (exact) mass is 461 g/mol. The maximum atomic E-state index is 10.0. The molecule has 1 aliphatic heterocycles. The topological polar surface area (TPSA) is 62.2 Å². The number of nitrogens with zero attached hydrogens (tertiary/aromatic N) is 1. The molecule has 0 aliphatic carbocycles. The van der Waals surface area contributed by atoms with Crippen molar-refractivity contribution in [1.29, 1.82) is 0 Å². The molecule has 0 spiro atoms. The summed E-state index contributed by atoms with van der Waals surface area (Å²) < 4.78 is 13.4. The lowest BCUT2D eigenvalue weighted by atomic mass is 9.93. The maximum Gasteiger partial charge on any atom is 0.151 e. The molecule has 4 aromatic rings. The minimum absolute atomic E-state index is 0.173. The third-order valence-electron chi connectivity index (χ3n) is 6.18. The molecule has 0 amide bonds. The Hall–Kier alpha value is -3.22. The zero-order valence-electron chi connectivity index (χ0n) is 18.7. The second-order valence-corrected chi connectivity index (χ2v) is 9.20. The first-order chi connectivity index (χ1) is 16.1. The van der Waals surface area contributed by atoms with E-state index >= 15 is 0 Å². The number of fused-ring (bicyclic) bond motifs is 5. The molecule has 2 heterocycles. The van der Waals surface area contributed by atoms with E-state index in [1.807, 2.05) is 36.4 Å².